The highest BCUT2D eigenvalue weighted by atomic mass is 32.1. The fourth-order valence-electron chi connectivity index (χ4n) is 2.43. The molecular weight excluding hydrogens is 274 g/mol. The van der Waals surface area contributed by atoms with Crippen molar-refractivity contribution >= 4 is 33.7 Å². The lowest BCUT2D eigenvalue weighted by Gasteiger charge is -2.38. The molecule has 1 amide bonds. The molecular formula is C14H21N3O2S. The summed E-state index contributed by atoms with van der Waals surface area (Å²) in [5, 5.41) is 3.89. The molecule has 1 aliphatic rings. The minimum absolute atomic E-state index is 0.0575. The molecule has 0 spiro atoms. The van der Waals surface area contributed by atoms with Gasteiger partial charge in [0.15, 0.2) is 5.78 Å². The molecule has 110 valence electrons. The van der Waals surface area contributed by atoms with E-state index in [9.17, 15) is 9.59 Å². The van der Waals surface area contributed by atoms with Crippen LogP contribution in [0.5, 0.6) is 0 Å². The first-order valence-electron chi connectivity index (χ1n) is 6.87. The Kier molecular flexibility index (Phi) is 4.04. The van der Waals surface area contributed by atoms with Gasteiger partial charge in [-0.15, -0.1) is 11.3 Å². The van der Waals surface area contributed by atoms with Gasteiger partial charge in [-0.1, -0.05) is 20.3 Å². The average Bonchev–Trinajstić information content (AvgIpc) is 2.70. The number of thiophene rings is 1. The molecule has 0 aliphatic heterocycles. The Labute approximate surface area is 122 Å². The van der Waals surface area contributed by atoms with Crippen molar-refractivity contribution in [1.82, 2.24) is 0 Å². The predicted octanol–water partition coefficient (Wildman–Crippen LogP) is 2.62. The van der Waals surface area contributed by atoms with Gasteiger partial charge in [-0.3, -0.25) is 9.59 Å². The van der Waals surface area contributed by atoms with Gasteiger partial charge in [0.2, 0.25) is 0 Å². The first-order valence-corrected chi connectivity index (χ1v) is 7.69. The maximum absolute atomic E-state index is 11.8. The van der Waals surface area contributed by atoms with Gasteiger partial charge < -0.3 is 16.8 Å². The highest BCUT2D eigenvalue weighted by Gasteiger charge is 2.32. The third-order valence-electron chi connectivity index (χ3n) is 4.00. The first kappa shape index (κ1) is 14.8. The minimum atomic E-state index is -0.588. The van der Waals surface area contributed by atoms with Gasteiger partial charge in [-0.2, -0.15) is 0 Å². The van der Waals surface area contributed by atoms with Crippen LogP contribution >= 0.6 is 11.3 Å². The van der Waals surface area contributed by atoms with Crippen LogP contribution in [0, 0.1) is 5.41 Å². The normalized spacial score (nSPS) is 16.5. The number of hydrogen-bond donors (Lipinski definition) is 3. The van der Waals surface area contributed by atoms with E-state index in [4.69, 9.17) is 11.5 Å². The van der Waals surface area contributed by atoms with E-state index >= 15 is 0 Å². The maximum atomic E-state index is 11.8. The summed E-state index contributed by atoms with van der Waals surface area (Å²) in [6, 6.07) is 0. The smallest absolute Gasteiger partial charge is 0.253 e. The van der Waals surface area contributed by atoms with Crippen molar-refractivity contribution in [2.24, 2.45) is 11.1 Å². The summed E-state index contributed by atoms with van der Waals surface area (Å²) < 4.78 is 0. The molecule has 0 aromatic carbocycles. The van der Waals surface area contributed by atoms with E-state index in [0.29, 0.717) is 16.3 Å². The van der Waals surface area contributed by atoms with Gasteiger partial charge in [0, 0.05) is 13.0 Å². The van der Waals surface area contributed by atoms with Crippen LogP contribution in [0.1, 0.15) is 59.6 Å². The monoisotopic (exact) mass is 295 g/mol. The second-order valence-corrected chi connectivity index (χ2v) is 6.73. The Morgan fingerprint density at radius 3 is 2.50 bits per heavy atom. The third kappa shape index (κ3) is 2.65. The van der Waals surface area contributed by atoms with Crippen molar-refractivity contribution in [3.63, 3.8) is 0 Å². The van der Waals surface area contributed by atoms with Gasteiger partial charge in [0.25, 0.3) is 5.91 Å². The van der Waals surface area contributed by atoms with Gasteiger partial charge in [0.05, 0.1) is 16.1 Å². The van der Waals surface area contributed by atoms with Gasteiger partial charge in [0.1, 0.15) is 5.00 Å². The zero-order chi connectivity index (χ0) is 14.9. The molecule has 5 nitrogen and oxygen atoms in total. The number of amides is 1. The molecule has 0 saturated heterocycles. The molecule has 0 atom stereocenters. The zero-order valence-corrected chi connectivity index (χ0v) is 12.7. The number of nitrogen functional groups attached to an aromatic ring is 1. The largest absolute Gasteiger partial charge is 0.397 e. The quantitative estimate of drug-likeness (QED) is 0.702. The van der Waals surface area contributed by atoms with Crippen molar-refractivity contribution in [1.29, 1.82) is 0 Å². The van der Waals surface area contributed by atoms with Crippen molar-refractivity contribution < 1.29 is 9.59 Å². The van der Waals surface area contributed by atoms with Crippen LogP contribution in [0.15, 0.2) is 0 Å². The predicted molar refractivity (Wildman–Crippen MR) is 82.3 cm³/mol. The van der Waals surface area contributed by atoms with E-state index in [1.54, 1.807) is 6.92 Å². The molecule has 1 heterocycles. The summed E-state index contributed by atoms with van der Waals surface area (Å²) in [5.41, 5.74) is 12.1. The second-order valence-electron chi connectivity index (χ2n) is 5.71. The molecule has 2 rings (SSSR count). The van der Waals surface area contributed by atoms with Crippen LogP contribution < -0.4 is 16.8 Å². The van der Waals surface area contributed by atoms with Crippen LogP contribution in [0.3, 0.4) is 0 Å². The number of rotatable bonds is 6. The number of carbonyl (C=O) groups excluding carboxylic acids is 2. The van der Waals surface area contributed by atoms with Crippen molar-refractivity contribution in [3.05, 3.63) is 10.4 Å². The standard InChI is InChI=1S/C14H21N3O2S/c1-3-8(18)11-10(15)9(12(16)19)13(20-11)17-7-14(2)5-4-6-14/h17H,3-7,15H2,1-2H3,(H2,16,19). The van der Waals surface area contributed by atoms with E-state index in [2.05, 4.69) is 12.2 Å². The first-order chi connectivity index (χ1) is 9.38. The maximum Gasteiger partial charge on any atom is 0.253 e. The molecule has 1 aromatic heterocycles. The number of hydrogen-bond acceptors (Lipinski definition) is 5. The van der Waals surface area contributed by atoms with E-state index in [1.807, 2.05) is 0 Å². The third-order valence-corrected chi connectivity index (χ3v) is 5.21. The summed E-state index contributed by atoms with van der Waals surface area (Å²) in [6.45, 7) is 4.75. The van der Waals surface area contributed by atoms with Gasteiger partial charge >= 0.3 is 0 Å². The fraction of sp³-hybridized carbons (Fsp3) is 0.571. The Balaban J connectivity index is 2.26. The number of nitrogens with one attached hydrogen (secondary N) is 1. The van der Waals surface area contributed by atoms with Crippen LogP contribution in [0.25, 0.3) is 0 Å². The Bertz CT molecular complexity index is 547. The number of anilines is 2. The van der Waals surface area contributed by atoms with Crippen molar-refractivity contribution in [3.8, 4) is 0 Å². The number of primary amides is 1. The topological polar surface area (TPSA) is 98.2 Å². The van der Waals surface area contributed by atoms with E-state index in [0.717, 1.165) is 6.54 Å². The average molecular weight is 295 g/mol. The lowest BCUT2D eigenvalue weighted by atomic mass is 9.70. The van der Waals surface area contributed by atoms with Crippen LogP contribution in [-0.4, -0.2) is 18.2 Å². The highest BCUT2D eigenvalue weighted by Crippen LogP contribution is 2.42. The lowest BCUT2D eigenvalue weighted by molar-refractivity contribution is 0.0991. The summed E-state index contributed by atoms with van der Waals surface area (Å²) in [4.78, 5) is 23.8. The summed E-state index contributed by atoms with van der Waals surface area (Å²) in [7, 11) is 0. The molecule has 5 N–H and O–H groups in total. The van der Waals surface area contributed by atoms with Crippen molar-refractivity contribution in [2.75, 3.05) is 17.6 Å². The molecule has 1 saturated carbocycles. The van der Waals surface area contributed by atoms with Crippen LogP contribution in [0.4, 0.5) is 10.7 Å². The molecule has 1 aromatic rings. The molecule has 1 aliphatic carbocycles. The van der Waals surface area contributed by atoms with E-state index in [1.165, 1.54) is 30.6 Å². The number of Topliss-reactive ketones (excluding diaryl/α,β-unsaturated/α-hetero) is 1. The molecule has 0 bridgehead atoms. The SMILES string of the molecule is CCC(=O)c1sc(NCC2(C)CCC2)c(C(N)=O)c1N. The van der Waals surface area contributed by atoms with E-state index in [-0.39, 0.29) is 22.4 Å². The molecule has 0 radical (unpaired) electrons. The fourth-order valence-corrected chi connectivity index (χ4v) is 3.56. The molecule has 6 heteroatoms. The Hall–Kier alpha value is -1.56. The van der Waals surface area contributed by atoms with Gasteiger partial charge in [-0.25, -0.2) is 0 Å². The summed E-state index contributed by atoms with van der Waals surface area (Å²) >= 11 is 1.24. The molecule has 1 fully saturated rings. The van der Waals surface area contributed by atoms with Gasteiger partial charge in [-0.05, 0) is 18.3 Å². The number of ketones is 1. The van der Waals surface area contributed by atoms with Crippen LogP contribution in [-0.2, 0) is 0 Å². The van der Waals surface area contributed by atoms with Crippen LogP contribution in [0.2, 0.25) is 0 Å². The van der Waals surface area contributed by atoms with Crippen molar-refractivity contribution in [2.45, 2.75) is 39.5 Å². The highest BCUT2D eigenvalue weighted by molar-refractivity contribution is 7.19. The summed E-state index contributed by atoms with van der Waals surface area (Å²) in [6.07, 6.45) is 3.95. The number of nitrogens with two attached hydrogens (primary N) is 2. The molecule has 0 unspecified atom stereocenters. The lowest BCUT2D eigenvalue weighted by Crippen LogP contribution is -2.33. The van der Waals surface area contributed by atoms with E-state index < -0.39 is 5.91 Å². The minimum Gasteiger partial charge on any atom is -0.397 e. The second kappa shape index (κ2) is 5.44. The Morgan fingerprint density at radius 2 is 2.05 bits per heavy atom. The zero-order valence-electron chi connectivity index (χ0n) is 11.9. The number of carbonyl (C=O) groups is 2. The Morgan fingerprint density at radius 1 is 1.40 bits per heavy atom. The molecule has 20 heavy (non-hydrogen) atoms. The summed E-state index contributed by atoms with van der Waals surface area (Å²) in [5.74, 6) is -0.645.